The van der Waals surface area contributed by atoms with Crippen LogP contribution in [0.5, 0.6) is 11.5 Å². The summed E-state index contributed by atoms with van der Waals surface area (Å²) >= 11 is 0. The van der Waals surface area contributed by atoms with Crippen LogP contribution in [0.1, 0.15) is 19.4 Å². The van der Waals surface area contributed by atoms with E-state index >= 15 is 0 Å². The molecule has 0 aromatic heterocycles. The van der Waals surface area contributed by atoms with Gasteiger partial charge in [0, 0.05) is 22.5 Å². The third-order valence-electron chi connectivity index (χ3n) is 6.12. The molecule has 0 aliphatic heterocycles. The fraction of sp³-hybridized carbons (Fsp3) is 0.257. The maximum atomic E-state index is 12.9. The van der Waals surface area contributed by atoms with Gasteiger partial charge in [0.1, 0.15) is 37.9 Å². The van der Waals surface area contributed by atoms with Gasteiger partial charge in [0.25, 0.3) is 0 Å². The molecule has 0 heterocycles. The number of hydrogen-bond donors (Lipinski definition) is 2. The first-order valence-corrected chi connectivity index (χ1v) is 14.6. The Balaban J connectivity index is 1.62. The number of hydrogen-bond acceptors (Lipinski definition) is 10. The number of benzene rings is 3. The highest BCUT2D eigenvalue weighted by atomic mass is 16.6. The van der Waals surface area contributed by atoms with Gasteiger partial charge < -0.3 is 28.4 Å². The van der Waals surface area contributed by atoms with E-state index in [9.17, 15) is 19.2 Å². The second-order valence-corrected chi connectivity index (χ2v) is 10.3. The second-order valence-electron chi connectivity index (χ2n) is 10.3. The highest BCUT2D eigenvalue weighted by Crippen LogP contribution is 2.21. The maximum absolute atomic E-state index is 12.9. The van der Waals surface area contributed by atoms with Gasteiger partial charge in [-0.05, 0) is 62.7 Å². The van der Waals surface area contributed by atoms with Gasteiger partial charge in [-0.25, -0.2) is 19.2 Å². The van der Waals surface area contributed by atoms with Crippen molar-refractivity contribution in [3.05, 3.63) is 109 Å². The van der Waals surface area contributed by atoms with E-state index in [1.165, 1.54) is 19.9 Å². The lowest BCUT2D eigenvalue weighted by atomic mass is 10.2. The highest BCUT2D eigenvalue weighted by Gasteiger charge is 2.21. The van der Waals surface area contributed by atoms with E-state index in [4.69, 9.17) is 28.4 Å². The second kappa shape index (κ2) is 18.3. The van der Waals surface area contributed by atoms with Crippen molar-refractivity contribution in [3.63, 3.8) is 0 Å². The standard InChI is InChI=1S/C35H38N2O10/c1-23(2)32(38)44-21-29(19-42-27-12-8-6-9-13-27)46-34(40)36-26-17-16-25(5)31(18-26)37-35(41)47-30(22-45-33(39)24(3)4)20-43-28-14-10-7-11-15-28/h6-18,29-30H,1,3,19-22H2,2,4-5H3,(H,36,40)(H,37,41). The van der Waals surface area contributed by atoms with Gasteiger partial charge >= 0.3 is 24.1 Å². The molecule has 12 nitrogen and oxygen atoms in total. The number of carbonyl (C=O) groups is 4. The van der Waals surface area contributed by atoms with Gasteiger partial charge in [-0.2, -0.15) is 0 Å². The van der Waals surface area contributed by atoms with Crippen LogP contribution in [0.25, 0.3) is 0 Å². The van der Waals surface area contributed by atoms with Crippen molar-refractivity contribution in [2.45, 2.75) is 33.0 Å². The van der Waals surface area contributed by atoms with Crippen LogP contribution < -0.4 is 20.1 Å². The largest absolute Gasteiger partial charge is 0.490 e. The Hall–Kier alpha value is -5.78. The molecule has 0 bridgehead atoms. The zero-order valence-electron chi connectivity index (χ0n) is 26.5. The minimum Gasteiger partial charge on any atom is -0.490 e. The summed E-state index contributed by atoms with van der Waals surface area (Å²) in [7, 11) is 0. The van der Waals surface area contributed by atoms with E-state index in [1.807, 2.05) is 12.1 Å². The lowest BCUT2D eigenvalue weighted by Crippen LogP contribution is -2.33. The van der Waals surface area contributed by atoms with Gasteiger partial charge in [-0.3, -0.25) is 10.6 Å². The number of aryl methyl sites for hydroxylation is 1. The first kappa shape index (κ1) is 35.7. The molecule has 248 valence electrons. The fourth-order valence-electron chi connectivity index (χ4n) is 3.65. The molecule has 0 aliphatic rings. The number of anilines is 2. The van der Waals surface area contributed by atoms with Crippen LogP contribution in [0, 0.1) is 6.92 Å². The molecule has 12 heteroatoms. The van der Waals surface area contributed by atoms with Crippen LogP contribution in [0.15, 0.2) is 103 Å². The smallest absolute Gasteiger partial charge is 0.412 e. The Morgan fingerprint density at radius 1 is 0.638 bits per heavy atom. The fourth-order valence-corrected chi connectivity index (χ4v) is 3.65. The molecule has 2 unspecified atom stereocenters. The van der Waals surface area contributed by atoms with E-state index in [0.29, 0.717) is 22.7 Å². The molecule has 0 saturated carbocycles. The van der Waals surface area contributed by atoms with Crippen molar-refractivity contribution < 1.29 is 47.6 Å². The van der Waals surface area contributed by atoms with Crippen molar-refractivity contribution in [1.29, 1.82) is 0 Å². The normalized spacial score (nSPS) is 11.6. The van der Waals surface area contributed by atoms with E-state index in [1.54, 1.807) is 67.6 Å². The predicted octanol–water partition coefficient (Wildman–Crippen LogP) is 6.23. The van der Waals surface area contributed by atoms with Gasteiger partial charge in [0.15, 0.2) is 12.2 Å². The van der Waals surface area contributed by atoms with Gasteiger partial charge in [0.05, 0.1) is 0 Å². The van der Waals surface area contributed by atoms with Gasteiger partial charge in [0.2, 0.25) is 0 Å². The predicted molar refractivity (Wildman–Crippen MR) is 174 cm³/mol. The maximum Gasteiger partial charge on any atom is 0.412 e. The molecule has 0 aliphatic carbocycles. The summed E-state index contributed by atoms with van der Waals surface area (Å²) in [6.07, 6.45) is -3.61. The molecule has 2 amide bonds. The minimum absolute atomic E-state index is 0.0930. The summed E-state index contributed by atoms with van der Waals surface area (Å²) in [5, 5.41) is 5.22. The molecule has 3 aromatic rings. The quantitative estimate of drug-likeness (QED) is 0.104. The van der Waals surface area contributed by atoms with Crippen molar-refractivity contribution in [1.82, 2.24) is 0 Å². The molecular weight excluding hydrogens is 608 g/mol. The molecule has 2 atom stereocenters. The van der Waals surface area contributed by atoms with E-state index in [2.05, 4.69) is 23.8 Å². The first-order valence-electron chi connectivity index (χ1n) is 14.6. The van der Waals surface area contributed by atoms with Crippen molar-refractivity contribution >= 4 is 35.5 Å². The van der Waals surface area contributed by atoms with E-state index < -0.39 is 36.3 Å². The SMILES string of the molecule is C=C(C)C(=O)OCC(COc1ccccc1)OC(=O)Nc1ccc(C)c(NC(=O)OC(COC(=O)C(=C)C)COc2ccccc2)c1. The Morgan fingerprint density at radius 3 is 1.53 bits per heavy atom. The topological polar surface area (TPSA) is 148 Å². The Labute approximate surface area is 273 Å². The van der Waals surface area contributed by atoms with Crippen molar-refractivity contribution in [2.75, 3.05) is 37.1 Å². The average Bonchev–Trinajstić information content (AvgIpc) is 3.05. The summed E-state index contributed by atoms with van der Waals surface area (Å²) in [6.45, 7) is 11.1. The van der Waals surface area contributed by atoms with E-state index in [-0.39, 0.29) is 43.3 Å². The molecule has 0 spiro atoms. The lowest BCUT2D eigenvalue weighted by Gasteiger charge is -2.20. The highest BCUT2D eigenvalue weighted by molar-refractivity contribution is 5.90. The number of amides is 2. The van der Waals surface area contributed by atoms with Crippen LogP contribution in [0.4, 0.5) is 21.0 Å². The van der Waals surface area contributed by atoms with Crippen LogP contribution >= 0.6 is 0 Å². The average molecular weight is 647 g/mol. The summed E-state index contributed by atoms with van der Waals surface area (Å²) in [5.41, 5.74) is 1.66. The molecule has 3 aromatic carbocycles. The summed E-state index contributed by atoms with van der Waals surface area (Å²) in [4.78, 5) is 49.6. The summed E-state index contributed by atoms with van der Waals surface area (Å²) < 4.78 is 32.7. The summed E-state index contributed by atoms with van der Waals surface area (Å²) in [5.74, 6) is -0.195. The van der Waals surface area contributed by atoms with Crippen LogP contribution in [0.3, 0.4) is 0 Å². The number of para-hydroxylation sites is 2. The Morgan fingerprint density at radius 2 is 1.09 bits per heavy atom. The first-order chi connectivity index (χ1) is 22.5. The molecular formula is C35H38N2O10. The molecule has 0 radical (unpaired) electrons. The van der Waals surface area contributed by atoms with Crippen molar-refractivity contribution in [2.24, 2.45) is 0 Å². The monoisotopic (exact) mass is 646 g/mol. The zero-order valence-corrected chi connectivity index (χ0v) is 26.5. The molecule has 3 rings (SSSR count). The third kappa shape index (κ3) is 13.0. The number of carbonyl (C=O) groups excluding carboxylic acids is 4. The van der Waals surface area contributed by atoms with Crippen LogP contribution in [0.2, 0.25) is 0 Å². The van der Waals surface area contributed by atoms with Gasteiger partial charge in [-0.15, -0.1) is 0 Å². The van der Waals surface area contributed by atoms with Crippen molar-refractivity contribution in [3.8, 4) is 11.5 Å². The number of nitrogens with one attached hydrogen (secondary N) is 2. The zero-order chi connectivity index (χ0) is 34.2. The molecule has 0 saturated heterocycles. The molecule has 0 fully saturated rings. The Kier molecular flexibility index (Phi) is 13.9. The Bertz CT molecular complexity index is 1540. The third-order valence-corrected chi connectivity index (χ3v) is 6.12. The van der Waals surface area contributed by atoms with Crippen LogP contribution in [-0.2, 0) is 28.5 Å². The minimum atomic E-state index is -0.955. The van der Waals surface area contributed by atoms with E-state index in [0.717, 1.165) is 0 Å². The molecule has 2 N–H and O–H groups in total. The number of rotatable bonds is 16. The van der Waals surface area contributed by atoms with Gasteiger partial charge in [-0.1, -0.05) is 55.6 Å². The van der Waals surface area contributed by atoms with Crippen LogP contribution in [-0.4, -0.2) is 62.8 Å². The molecule has 47 heavy (non-hydrogen) atoms. The number of ether oxygens (including phenoxy) is 6. The summed E-state index contributed by atoms with van der Waals surface area (Å²) in [6, 6.07) is 22.5. The lowest BCUT2D eigenvalue weighted by molar-refractivity contribution is -0.143. The number of esters is 2.